The number of aliphatic hydroxyl groups is 1. The van der Waals surface area contributed by atoms with Gasteiger partial charge < -0.3 is 10.4 Å². The van der Waals surface area contributed by atoms with Crippen molar-refractivity contribution in [2.45, 2.75) is 51.2 Å². The van der Waals surface area contributed by atoms with Gasteiger partial charge in [0.15, 0.2) is 0 Å². The third-order valence-electron chi connectivity index (χ3n) is 4.08. The molecule has 2 atom stereocenters. The quantitative estimate of drug-likeness (QED) is 0.828. The molecule has 2 rings (SSSR count). The topological polar surface area (TPSA) is 32.3 Å². The number of benzene rings is 1. The Morgan fingerprint density at radius 1 is 1.26 bits per heavy atom. The molecule has 3 heteroatoms. The largest absolute Gasteiger partial charge is 0.387 e. The maximum Gasteiger partial charge on any atom is 0.0914 e. The number of halogens is 1. The van der Waals surface area contributed by atoms with E-state index >= 15 is 0 Å². The first-order chi connectivity index (χ1) is 9.15. The summed E-state index contributed by atoms with van der Waals surface area (Å²) in [6.45, 7) is 2.82. The van der Waals surface area contributed by atoms with Gasteiger partial charge in [-0.25, -0.2) is 0 Å². The van der Waals surface area contributed by atoms with E-state index in [1.165, 1.54) is 32.1 Å². The van der Waals surface area contributed by atoms with E-state index in [-0.39, 0.29) is 0 Å². The van der Waals surface area contributed by atoms with E-state index in [2.05, 4.69) is 12.2 Å². The van der Waals surface area contributed by atoms with Gasteiger partial charge in [-0.05, 0) is 37.0 Å². The van der Waals surface area contributed by atoms with Gasteiger partial charge in [-0.15, -0.1) is 0 Å². The molecule has 1 aliphatic carbocycles. The number of aliphatic hydroxyl groups excluding tert-OH is 1. The molecule has 0 saturated heterocycles. The van der Waals surface area contributed by atoms with E-state index in [1.54, 1.807) is 0 Å². The minimum absolute atomic E-state index is 0.455. The Morgan fingerprint density at radius 3 is 2.53 bits per heavy atom. The number of rotatable bonds is 6. The van der Waals surface area contributed by atoms with E-state index in [0.29, 0.717) is 17.6 Å². The molecule has 0 aliphatic heterocycles. The molecule has 1 saturated carbocycles. The fourth-order valence-electron chi connectivity index (χ4n) is 2.94. The molecule has 0 amide bonds. The van der Waals surface area contributed by atoms with E-state index in [9.17, 15) is 5.11 Å². The summed E-state index contributed by atoms with van der Waals surface area (Å²) >= 11 is 5.84. The minimum atomic E-state index is -0.455. The summed E-state index contributed by atoms with van der Waals surface area (Å²) in [5.74, 6) is 0.884. The Hall–Kier alpha value is -0.570. The SMILES string of the molecule is CC(CC1CCCC1)NCC(O)c1ccc(Cl)cc1. The molecular weight excluding hydrogens is 258 g/mol. The molecule has 19 heavy (non-hydrogen) atoms. The normalized spacial score (nSPS) is 19.5. The summed E-state index contributed by atoms with van der Waals surface area (Å²) in [4.78, 5) is 0. The van der Waals surface area contributed by atoms with Gasteiger partial charge in [-0.3, -0.25) is 0 Å². The Bertz CT molecular complexity index is 373. The molecule has 2 N–H and O–H groups in total. The molecule has 0 aromatic heterocycles. The lowest BCUT2D eigenvalue weighted by atomic mass is 9.99. The Labute approximate surface area is 121 Å². The van der Waals surface area contributed by atoms with Gasteiger partial charge in [0.2, 0.25) is 0 Å². The lowest BCUT2D eigenvalue weighted by Crippen LogP contribution is -2.31. The average molecular weight is 282 g/mol. The highest BCUT2D eigenvalue weighted by atomic mass is 35.5. The molecule has 0 spiro atoms. The second kappa shape index (κ2) is 7.28. The Kier molecular flexibility index (Phi) is 5.68. The molecule has 0 bridgehead atoms. The van der Waals surface area contributed by atoms with Crippen molar-refractivity contribution in [3.8, 4) is 0 Å². The van der Waals surface area contributed by atoms with Crippen LogP contribution in [-0.2, 0) is 0 Å². The van der Waals surface area contributed by atoms with Crippen molar-refractivity contribution in [1.82, 2.24) is 5.32 Å². The molecule has 1 fully saturated rings. The van der Waals surface area contributed by atoms with Crippen LogP contribution in [0, 0.1) is 5.92 Å². The van der Waals surface area contributed by atoms with Crippen LogP contribution >= 0.6 is 11.6 Å². The van der Waals surface area contributed by atoms with Gasteiger partial charge >= 0.3 is 0 Å². The first-order valence-electron chi connectivity index (χ1n) is 7.32. The van der Waals surface area contributed by atoms with E-state index in [0.717, 1.165) is 11.5 Å². The predicted molar refractivity (Wildman–Crippen MR) is 80.5 cm³/mol. The highest BCUT2D eigenvalue weighted by Gasteiger charge is 2.18. The predicted octanol–water partition coefficient (Wildman–Crippen LogP) is 3.93. The van der Waals surface area contributed by atoms with Crippen LogP contribution in [0.2, 0.25) is 5.02 Å². The molecule has 1 aromatic rings. The first kappa shape index (κ1) is 14.8. The van der Waals surface area contributed by atoms with Crippen LogP contribution in [0.25, 0.3) is 0 Å². The van der Waals surface area contributed by atoms with Gasteiger partial charge in [-0.2, -0.15) is 0 Å². The van der Waals surface area contributed by atoms with Crippen LogP contribution in [0.15, 0.2) is 24.3 Å². The zero-order valence-electron chi connectivity index (χ0n) is 11.6. The summed E-state index contributed by atoms with van der Waals surface area (Å²) in [5.41, 5.74) is 0.921. The van der Waals surface area contributed by atoms with Gasteiger partial charge in [-0.1, -0.05) is 49.4 Å². The molecule has 2 nitrogen and oxygen atoms in total. The van der Waals surface area contributed by atoms with Gasteiger partial charge in [0, 0.05) is 17.6 Å². The zero-order valence-corrected chi connectivity index (χ0v) is 12.4. The Balaban J connectivity index is 1.73. The molecule has 0 heterocycles. The number of nitrogens with one attached hydrogen (secondary N) is 1. The number of hydrogen-bond acceptors (Lipinski definition) is 2. The summed E-state index contributed by atoms with van der Waals surface area (Å²) in [5, 5.41) is 14.3. The van der Waals surface area contributed by atoms with Crippen LogP contribution in [0.5, 0.6) is 0 Å². The van der Waals surface area contributed by atoms with Crippen molar-refractivity contribution >= 4 is 11.6 Å². The molecule has 106 valence electrons. The molecule has 1 aliphatic rings. The van der Waals surface area contributed by atoms with E-state index < -0.39 is 6.10 Å². The van der Waals surface area contributed by atoms with E-state index in [1.807, 2.05) is 24.3 Å². The number of hydrogen-bond donors (Lipinski definition) is 2. The molecule has 2 unspecified atom stereocenters. The fourth-order valence-corrected chi connectivity index (χ4v) is 3.07. The molecular formula is C16H24ClNO. The van der Waals surface area contributed by atoms with Gasteiger partial charge in [0.1, 0.15) is 0 Å². The van der Waals surface area contributed by atoms with Gasteiger partial charge in [0.05, 0.1) is 6.10 Å². The maximum atomic E-state index is 10.1. The van der Waals surface area contributed by atoms with Crippen molar-refractivity contribution in [3.63, 3.8) is 0 Å². The summed E-state index contributed by atoms with van der Waals surface area (Å²) in [6.07, 6.45) is 6.32. The van der Waals surface area contributed by atoms with Crippen molar-refractivity contribution < 1.29 is 5.11 Å². The second-order valence-corrected chi connectivity index (χ2v) is 6.20. The highest BCUT2D eigenvalue weighted by Crippen LogP contribution is 2.28. The third kappa shape index (κ3) is 4.79. The van der Waals surface area contributed by atoms with Crippen LogP contribution in [0.3, 0.4) is 0 Å². The second-order valence-electron chi connectivity index (χ2n) is 5.76. The zero-order chi connectivity index (χ0) is 13.7. The summed E-state index contributed by atoms with van der Waals surface area (Å²) < 4.78 is 0. The van der Waals surface area contributed by atoms with Crippen LogP contribution in [0.1, 0.15) is 50.7 Å². The van der Waals surface area contributed by atoms with Crippen LogP contribution in [0.4, 0.5) is 0 Å². The van der Waals surface area contributed by atoms with Crippen LogP contribution in [-0.4, -0.2) is 17.7 Å². The summed E-state index contributed by atoms with van der Waals surface area (Å²) in [7, 11) is 0. The third-order valence-corrected chi connectivity index (χ3v) is 4.33. The van der Waals surface area contributed by atoms with Crippen LogP contribution < -0.4 is 5.32 Å². The maximum absolute atomic E-state index is 10.1. The average Bonchev–Trinajstić information content (AvgIpc) is 2.89. The van der Waals surface area contributed by atoms with Crippen molar-refractivity contribution in [2.24, 2.45) is 5.92 Å². The monoisotopic (exact) mass is 281 g/mol. The minimum Gasteiger partial charge on any atom is -0.387 e. The summed E-state index contributed by atoms with van der Waals surface area (Å²) in [6, 6.07) is 7.89. The van der Waals surface area contributed by atoms with Crippen molar-refractivity contribution in [1.29, 1.82) is 0 Å². The first-order valence-corrected chi connectivity index (χ1v) is 7.70. The lowest BCUT2D eigenvalue weighted by Gasteiger charge is -2.20. The van der Waals surface area contributed by atoms with E-state index in [4.69, 9.17) is 11.6 Å². The Morgan fingerprint density at radius 2 is 1.89 bits per heavy atom. The lowest BCUT2D eigenvalue weighted by molar-refractivity contribution is 0.168. The molecule has 0 radical (unpaired) electrons. The highest BCUT2D eigenvalue weighted by molar-refractivity contribution is 6.30. The standard InChI is InChI=1S/C16H24ClNO/c1-12(10-13-4-2-3-5-13)18-11-16(19)14-6-8-15(17)9-7-14/h6-9,12-13,16,18-19H,2-5,10-11H2,1H3. The van der Waals surface area contributed by atoms with Crippen molar-refractivity contribution in [3.05, 3.63) is 34.9 Å². The smallest absolute Gasteiger partial charge is 0.0914 e. The van der Waals surface area contributed by atoms with Crippen molar-refractivity contribution in [2.75, 3.05) is 6.54 Å². The van der Waals surface area contributed by atoms with Gasteiger partial charge in [0.25, 0.3) is 0 Å². The molecule has 1 aromatic carbocycles. The fraction of sp³-hybridized carbons (Fsp3) is 0.625.